The lowest BCUT2D eigenvalue weighted by Crippen LogP contribution is -2.37. The fourth-order valence-electron chi connectivity index (χ4n) is 2.80. The first-order chi connectivity index (χ1) is 9.77. The minimum Gasteiger partial charge on any atom is -0.493 e. The first kappa shape index (κ1) is 14.9. The standard InChI is InChI=1S/C17H25NO2/c1-18(15-9-5-2-3-6-10-15)17(19)13-14-20-16-11-7-4-8-12-16/h4,7-8,11-12,15H,2-3,5-6,9-10,13-14H2,1H3. The van der Waals surface area contributed by atoms with E-state index in [0.29, 0.717) is 19.1 Å². The smallest absolute Gasteiger partial charge is 0.225 e. The van der Waals surface area contributed by atoms with Crippen molar-refractivity contribution in [2.75, 3.05) is 13.7 Å². The van der Waals surface area contributed by atoms with Gasteiger partial charge in [0.1, 0.15) is 5.75 Å². The number of hydrogen-bond donors (Lipinski definition) is 0. The van der Waals surface area contributed by atoms with Crippen LogP contribution in [-0.4, -0.2) is 30.5 Å². The summed E-state index contributed by atoms with van der Waals surface area (Å²) >= 11 is 0. The number of benzene rings is 1. The maximum absolute atomic E-state index is 12.2. The number of nitrogens with zero attached hydrogens (tertiary/aromatic N) is 1. The van der Waals surface area contributed by atoms with E-state index in [1.165, 1.54) is 25.7 Å². The van der Waals surface area contributed by atoms with Gasteiger partial charge in [-0.3, -0.25) is 4.79 Å². The number of carbonyl (C=O) groups excluding carboxylic acids is 1. The molecule has 2 rings (SSSR count). The highest BCUT2D eigenvalue weighted by Crippen LogP contribution is 2.21. The summed E-state index contributed by atoms with van der Waals surface area (Å²) in [5.74, 6) is 1.03. The van der Waals surface area contributed by atoms with Crippen molar-refractivity contribution in [2.24, 2.45) is 0 Å². The van der Waals surface area contributed by atoms with Crippen molar-refractivity contribution in [3.05, 3.63) is 30.3 Å². The Balaban J connectivity index is 1.73. The molecule has 1 amide bonds. The molecule has 3 heteroatoms. The minimum atomic E-state index is 0.202. The Kier molecular flexibility index (Phi) is 5.90. The number of ether oxygens (including phenoxy) is 1. The molecular weight excluding hydrogens is 250 g/mol. The van der Waals surface area contributed by atoms with E-state index in [2.05, 4.69) is 0 Å². The van der Waals surface area contributed by atoms with Gasteiger partial charge in [-0.15, -0.1) is 0 Å². The van der Waals surface area contributed by atoms with Crippen LogP contribution in [-0.2, 0) is 4.79 Å². The predicted molar refractivity (Wildman–Crippen MR) is 80.8 cm³/mol. The van der Waals surface area contributed by atoms with E-state index in [0.717, 1.165) is 18.6 Å². The zero-order valence-electron chi connectivity index (χ0n) is 12.4. The third-order valence-electron chi connectivity index (χ3n) is 4.09. The van der Waals surface area contributed by atoms with Crippen LogP contribution < -0.4 is 4.74 Å². The summed E-state index contributed by atoms with van der Waals surface area (Å²) in [7, 11) is 1.95. The molecule has 0 unspecified atom stereocenters. The van der Waals surface area contributed by atoms with Crippen LogP contribution in [0.5, 0.6) is 5.75 Å². The highest BCUT2D eigenvalue weighted by Gasteiger charge is 2.20. The Morgan fingerprint density at radius 1 is 1.15 bits per heavy atom. The average Bonchev–Trinajstić information content (AvgIpc) is 2.76. The molecule has 0 aromatic heterocycles. The van der Waals surface area contributed by atoms with Crippen molar-refractivity contribution < 1.29 is 9.53 Å². The van der Waals surface area contributed by atoms with Crippen molar-refractivity contribution in [1.29, 1.82) is 0 Å². The zero-order chi connectivity index (χ0) is 14.2. The predicted octanol–water partition coefficient (Wildman–Crippen LogP) is 3.64. The van der Waals surface area contributed by atoms with Gasteiger partial charge in [0.15, 0.2) is 0 Å². The molecule has 0 saturated heterocycles. The highest BCUT2D eigenvalue weighted by molar-refractivity contribution is 5.76. The van der Waals surface area contributed by atoms with Crippen LogP contribution in [0.15, 0.2) is 30.3 Å². The molecule has 1 aromatic rings. The second-order valence-corrected chi connectivity index (χ2v) is 5.56. The second kappa shape index (κ2) is 7.93. The fourth-order valence-corrected chi connectivity index (χ4v) is 2.80. The van der Waals surface area contributed by atoms with Crippen LogP contribution in [0.4, 0.5) is 0 Å². The summed E-state index contributed by atoms with van der Waals surface area (Å²) in [5, 5.41) is 0. The lowest BCUT2D eigenvalue weighted by molar-refractivity contribution is -0.132. The lowest BCUT2D eigenvalue weighted by Gasteiger charge is -2.27. The number of rotatable bonds is 5. The van der Waals surface area contributed by atoms with E-state index in [-0.39, 0.29) is 5.91 Å². The first-order valence-corrected chi connectivity index (χ1v) is 7.71. The Morgan fingerprint density at radius 3 is 2.45 bits per heavy atom. The Hall–Kier alpha value is -1.51. The fraction of sp³-hybridized carbons (Fsp3) is 0.588. The van der Waals surface area contributed by atoms with E-state index >= 15 is 0 Å². The topological polar surface area (TPSA) is 29.5 Å². The van der Waals surface area contributed by atoms with Crippen LogP contribution in [0.1, 0.15) is 44.9 Å². The third kappa shape index (κ3) is 4.55. The number of amides is 1. The van der Waals surface area contributed by atoms with Crippen molar-refractivity contribution in [3.63, 3.8) is 0 Å². The molecule has 1 aliphatic rings. The second-order valence-electron chi connectivity index (χ2n) is 5.56. The van der Waals surface area contributed by atoms with Crippen LogP contribution in [0.3, 0.4) is 0 Å². The third-order valence-corrected chi connectivity index (χ3v) is 4.09. The number of para-hydroxylation sites is 1. The van der Waals surface area contributed by atoms with Crippen LogP contribution in [0, 0.1) is 0 Å². The van der Waals surface area contributed by atoms with Crippen LogP contribution in [0.2, 0.25) is 0 Å². The number of hydrogen-bond acceptors (Lipinski definition) is 2. The van der Waals surface area contributed by atoms with Crippen molar-refractivity contribution >= 4 is 5.91 Å². The maximum atomic E-state index is 12.2. The molecule has 0 aliphatic heterocycles. The molecule has 0 spiro atoms. The van der Waals surface area contributed by atoms with Gasteiger partial charge in [-0.05, 0) is 25.0 Å². The van der Waals surface area contributed by atoms with E-state index in [4.69, 9.17) is 4.74 Å². The Morgan fingerprint density at radius 2 is 1.80 bits per heavy atom. The van der Waals surface area contributed by atoms with Gasteiger partial charge in [0.05, 0.1) is 13.0 Å². The van der Waals surface area contributed by atoms with E-state index in [9.17, 15) is 4.79 Å². The molecule has 110 valence electrons. The van der Waals surface area contributed by atoms with Crippen LogP contribution in [0.25, 0.3) is 0 Å². The summed E-state index contributed by atoms with van der Waals surface area (Å²) in [6, 6.07) is 10.1. The molecule has 0 radical (unpaired) electrons. The van der Waals surface area contributed by atoms with Crippen molar-refractivity contribution in [1.82, 2.24) is 4.90 Å². The molecule has 1 aliphatic carbocycles. The summed E-state index contributed by atoms with van der Waals surface area (Å²) in [5.41, 5.74) is 0. The van der Waals surface area contributed by atoms with Gasteiger partial charge in [-0.2, -0.15) is 0 Å². The molecule has 1 aromatic carbocycles. The first-order valence-electron chi connectivity index (χ1n) is 7.71. The van der Waals surface area contributed by atoms with Crippen molar-refractivity contribution in [2.45, 2.75) is 51.0 Å². The normalized spacial score (nSPS) is 16.4. The summed E-state index contributed by atoms with van der Waals surface area (Å²) in [6.45, 7) is 0.458. The summed E-state index contributed by atoms with van der Waals surface area (Å²) < 4.78 is 5.59. The lowest BCUT2D eigenvalue weighted by atomic mass is 10.1. The minimum absolute atomic E-state index is 0.202. The molecule has 0 atom stereocenters. The van der Waals surface area contributed by atoms with Crippen LogP contribution >= 0.6 is 0 Å². The highest BCUT2D eigenvalue weighted by atomic mass is 16.5. The molecule has 3 nitrogen and oxygen atoms in total. The quantitative estimate of drug-likeness (QED) is 0.768. The van der Waals surface area contributed by atoms with Gasteiger partial charge >= 0.3 is 0 Å². The van der Waals surface area contributed by atoms with E-state index in [1.807, 2.05) is 42.3 Å². The molecular formula is C17H25NO2. The van der Waals surface area contributed by atoms with Gasteiger partial charge in [0.2, 0.25) is 5.91 Å². The van der Waals surface area contributed by atoms with Gasteiger partial charge in [-0.25, -0.2) is 0 Å². The van der Waals surface area contributed by atoms with E-state index in [1.54, 1.807) is 0 Å². The molecule has 0 N–H and O–H groups in total. The van der Waals surface area contributed by atoms with E-state index < -0.39 is 0 Å². The SMILES string of the molecule is CN(C(=O)CCOc1ccccc1)C1CCCCCC1. The zero-order valence-corrected chi connectivity index (χ0v) is 12.4. The van der Waals surface area contributed by atoms with Crippen molar-refractivity contribution in [3.8, 4) is 5.75 Å². The number of carbonyl (C=O) groups is 1. The summed E-state index contributed by atoms with van der Waals surface area (Å²) in [6.07, 6.45) is 7.91. The molecule has 0 bridgehead atoms. The molecule has 1 fully saturated rings. The average molecular weight is 275 g/mol. The van der Waals surface area contributed by atoms with Gasteiger partial charge < -0.3 is 9.64 Å². The Labute approximate surface area is 121 Å². The largest absolute Gasteiger partial charge is 0.493 e. The molecule has 20 heavy (non-hydrogen) atoms. The maximum Gasteiger partial charge on any atom is 0.225 e. The molecule has 0 heterocycles. The Bertz CT molecular complexity index is 397. The molecule has 1 saturated carbocycles. The van der Waals surface area contributed by atoms with Gasteiger partial charge in [0.25, 0.3) is 0 Å². The monoisotopic (exact) mass is 275 g/mol. The summed E-state index contributed by atoms with van der Waals surface area (Å²) in [4.78, 5) is 14.1. The van der Waals surface area contributed by atoms with Gasteiger partial charge in [-0.1, -0.05) is 43.9 Å². The van der Waals surface area contributed by atoms with Gasteiger partial charge in [0, 0.05) is 13.1 Å².